The van der Waals surface area contributed by atoms with E-state index in [9.17, 15) is 4.79 Å². The van der Waals surface area contributed by atoms with Crippen molar-refractivity contribution in [3.8, 4) is 0 Å². The first-order chi connectivity index (χ1) is 7.17. The highest BCUT2D eigenvalue weighted by atomic mass is 79.9. The van der Waals surface area contributed by atoms with Crippen molar-refractivity contribution < 1.29 is 4.79 Å². The molecule has 0 saturated heterocycles. The molecule has 0 saturated carbocycles. The smallest absolute Gasteiger partial charge is 0.122 e. The number of aryl methyl sites for hydroxylation is 1. The summed E-state index contributed by atoms with van der Waals surface area (Å²) in [6.45, 7) is 1.95. The summed E-state index contributed by atoms with van der Waals surface area (Å²) >= 11 is 3.45. The minimum absolute atomic E-state index is 0.133. The van der Waals surface area contributed by atoms with Crippen molar-refractivity contribution in [2.24, 2.45) is 5.92 Å². The monoisotopic (exact) mass is 269 g/mol. The second kappa shape index (κ2) is 5.91. The van der Waals surface area contributed by atoms with Gasteiger partial charge in [0.2, 0.25) is 0 Å². The summed E-state index contributed by atoms with van der Waals surface area (Å²) in [5, 5.41) is 3.16. The number of hydrogen-bond acceptors (Lipinski definition) is 2. The van der Waals surface area contributed by atoms with Crippen LogP contribution in [0.25, 0.3) is 0 Å². The maximum Gasteiger partial charge on any atom is 0.122 e. The van der Waals surface area contributed by atoms with Gasteiger partial charge >= 0.3 is 0 Å². The number of anilines is 1. The molecular weight excluding hydrogens is 254 g/mol. The maximum absolute atomic E-state index is 10.5. The molecule has 1 unspecified atom stereocenters. The molecule has 0 bridgehead atoms. The van der Waals surface area contributed by atoms with Crippen LogP contribution in [-0.4, -0.2) is 13.3 Å². The summed E-state index contributed by atoms with van der Waals surface area (Å²) in [5.41, 5.74) is 2.39. The van der Waals surface area contributed by atoms with Gasteiger partial charge in [-0.1, -0.05) is 22.9 Å². The van der Waals surface area contributed by atoms with Crippen molar-refractivity contribution >= 4 is 27.9 Å². The predicted octanol–water partition coefficient (Wildman–Crippen LogP) is 3.26. The van der Waals surface area contributed by atoms with E-state index >= 15 is 0 Å². The molecule has 15 heavy (non-hydrogen) atoms. The van der Waals surface area contributed by atoms with Gasteiger partial charge in [0.1, 0.15) is 6.29 Å². The van der Waals surface area contributed by atoms with Crippen LogP contribution in [-0.2, 0) is 11.2 Å². The lowest BCUT2D eigenvalue weighted by Gasteiger charge is -2.10. The van der Waals surface area contributed by atoms with Crippen LogP contribution in [0.2, 0.25) is 0 Å². The fourth-order valence-corrected chi connectivity index (χ4v) is 1.87. The Hall–Kier alpha value is -0.830. The van der Waals surface area contributed by atoms with Crippen LogP contribution in [0.3, 0.4) is 0 Å². The number of benzene rings is 1. The first-order valence-electron chi connectivity index (χ1n) is 5.09. The highest BCUT2D eigenvalue weighted by Crippen LogP contribution is 2.22. The van der Waals surface area contributed by atoms with Crippen LogP contribution in [0.15, 0.2) is 22.7 Å². The molecule has 0 aliphatic carbocycles. The Kier molecular flexibility index (Phi) is 4.82. The second-order valence-corrected chi connectivity index (χ2v) is 4.62. The highest BCUT2D eigenvalue weighted by molar-refractivity contribution is 9.10. The van der Waals surface area contributed by atoms with Gasteiger partial charge in [0.05, 0.1) is 0 Å². The Labute approximate surface area is 99.2 Å². The molecule has 0 heterocycles. The molecule has 3 heteroatoms. The van der Waals surface area contributed by atoms with E-state index in [4.69, 9.17) is 0 Å². The minimum Gasteiger partial charge on any atom is -0.388 e. The van der Waals surface area contributed by atoms with Gasteiger partial charge in [-0.25, -0.2) is 0 Å². The molecule has 1 aromatic rings. The average Bonchev–Trinajstić information content (AvgIpc) is 2.26. The van der Waals surface area contributed by atoms with Gasteiger partial charge in [-0.2, -0.15) is 0 Å². The van der Waals surface area contributed by atoms with E-state index in [2.05, 4.69) is 27.3 Å². The normalized spacial score (nSPS) is 12.2. The lowest BCUT2D eigenvalue weighted by atomic mass is 10.0. The molecule has 0 radical (unpaired) electrons. The van der Waals surface area contributed by atoms with Crippen LogP contribution >= 0.6 is 15.9 Å². The number of hydrogen-bond donors (Lipinski definition) is 1. The zero-order chi connectivity index (χ0) is 11.3. The Bertz CT molecular complexity index is 338. The highest BCUT2D eigenvalue weighted by Gasteiger charge is 2.05. The molecule has 0 aliphatic rings. The van der Waals surface area contributed by atoms with Crippen molar-refractivity contribution in [3.63, 3.8) is 0 Å². The van der Waals surface area contributed by atoms with Gasteiger partial charge in [-0.05, 0) is 36.6 Å². The number of nitrogens with one attached hydrogen (secondary N) is 1. The van der Waals surface area contributed by atoms with Crippen LogP contribution in [0, 0.1) is 5.92 Å². The third-order valence-electron chi connectivity index (χ3n) is 2.44. The molecule has 82 valence electrons. The summed E-state index contributed by atoms with van der Waals surface area (Å²) in [5.74, 6) is 0.133. The average molecular weight is 270 g/mol. The topological polar surface area (TPSA) is 29.1 Å². The minimum atomic E-state index is 0.133. The van der Waals surface area contributed by atoms with E-state index in [1.807, 2.05) is 26.1 Å². The summed E-state index contributed by atoms with van der Waals surface area (Å²) in [4.78, 5) is 10.5. The Morgan fingerprint density at radius 2 is 2.27 bits per heavy atom. The Morgan fingerprint density at radius 1 is 1.53 bits per heavy atom. The molecule has 1 atom stereocenters. The molecular formula is C12H16BrNO. The molecule has 0 aromatic heterocycles. The zero-order valence-electron chi connectivity index (χ0n) is 9.09. The molecule has 1 rings (SSSR count). The number of rotatable bonds is 5. The summed E-state index contributed by atoms with van der Waals surface area (Å²) in [7, 11) is 1.91. The molecule has 1 N–H and O–H groups in total. The van der Waals surface area contributed by atoms with E-state index < -0.39 is 0 Å². The summed E-state index contributed by atoms with van der Waals surface area (Å²) in [6, 6.07) is 6.16. The molecule has 1 aromatic carbocycles. The number of carbonyl (C=O) groups excluding carboxylic acids is 1. The molecule has 0 amide bonds. The Balaban J connectivity index is 2.73. The van der Waals surface area contributed by atoms with Gasteiger partial charge in [-0.3, -0.25) is 0 Å². The van der Waals surface area contributed by atoms with Crippen molar-refractivity contribution in [2.75, 3.05) is 12.4 Å². The fraction of sp³-hybridized carbons (Fsp3) is 0.417. The van der Waals surface area contributed by atoms with Gasteiger partial charge in [0.25, 0.3) is 0 Å². The van der Waals surface area contributed by atoms with E-state index in [1.54, 1.807) is 0 Å². The third-order valence-corrected chi connectivity index (χ3v) is 2.93. The van der Waals surface area contributed by atoms with Gasteiger partial charge in [-0.15, -0.1) is 0 Å². The number of carbonyl (C=O) groups is 1. The number of aldehydes is 1. The van der Waals surface area contributed by atoms with E-state index in [1.165, 1.54) is 5.56 Å². The third kappa shape index (κ3) is 3.67. The van der Waals surface area contributed by atoms with Gasteiger partial charge in [0, 0.05) is 23.1 Å². The summed E-state index contributed by atoms with van der Waals surface area (Å²) < 4.78 is 1.08. The second-order valence-electron chi connectivity index (χ2n) is 3.70. The van der Waals surface area contributed by atoms with Gasteiger partial charge in [0.15, 0.2) is 0 Å². The van der Waals surface area contributed by atoms with Crippen molar-refractivity contribution in [2.45, 2.75) is 19.8 Å². The van der Waals surface area contributed by atoms with Crippen LogP contribution in [0.4, 0.5) is 5.69 Å². The lowest BCUT2D eigenvalue weighted by molar-refractivity contribution is -0.110. The van der Waals surface area contributed by atoms with Crippen LogP contribution in [0.5, 0.6) is 0 Å². The van der Waals surface area contributed by atoms with E-state index in [0.717, 1.165) is 29.3 Å². The molecule has 0 aliphatic heterocycles. The van der Waals surface area contributed by atoms with E-state index in [-0.39, 0.29) is 5.92 Å². The first-order valence-corrected chi connectivity index (χ1v) is 5.88. The predicted molar refractivity (Wildman–Crippen MR) is 67.2 cm³/mol. The first kappa shape index (κ1) is 12.2. The van der Waals surface area contributed by atoms with Crippen molar-refractivity contribution in [1.29, 1.82) is 0 Å². The van der Waals surface area contributed by atoms with E-state index in [0.29, 0.717) is 0 Å². The number of halogens is 1. The summed E-state index contributed by atoms with van der Waals surface area (Å²) in [6.07, 6.45) is 2.83. The van der Waals surface area contributed by atoms with Crippen LogP contribution in [0.1, 0.15) is 18.9 Å². The molecule has 0 spiro atoms. The fourth-order valence-electron chi connectivity index (χ4n) is 1.46. The van der Waals surface area contributed by atoms with Crippen LogP contribution < -0.4 is 5.32 Å². The lowest BCUT2D eigenvalue weighted by Crippen LogP contribution is -2.01. The molecule has 0 fully saturated rings. The van der Waals surface area contributed by atoms with Crippen molar-refractivity contribution in [1.82, 2.24) is 0 Å². The SMILES string of the molecule is CNc1ccc(Br)cc1CCC(C)C=O. The quantitative estimate of drug-likeness (QED) is 0.832. The van der Waals surface area contributed by atoms with Crippen molar-refractivity contribution in [3.05, 3.63) is 28.2 Å². The maximum atomic E-state index is 10.5. The standard InChI is InChI=1S/C12H16BrNO/c1-9(8-15)3-4-10-7-11(13)5-6-12(10)14-2/h5-9,14H,3-4H2,1-2H3. The van der Waals surface area contributed by atoms with Gasteiger partial charge < -0.3 is 10.1 Å². The Morgan fingerprint density at radius 3 is 2.87 bits per heavy atom. The largest absolute Gasteiger partial charge is 0.388 e. The molecule has 2 nitrogen and oxygen atoms in total. The zero-order valence-corrected chi connectivity index (χ0v) is 10.7.